The Morgan fingerprint density at radius 1 is 1.50 bits per heavy atom. The largest absolute Gasteiger partial charge is 0.480 e. The highest BCUT2D eigenvalue weighted by Gasteiger charge is 1.91. The minimum atomic E-state index is 0.625. The smallest absolute Gasteiger partial charge is 0.150 e. The lowest BCUT2D eigenvalue weighted by molar-refractivity contribution is 0.112. The molecule has 0 heterocycles. The third-order valence-corrected chi connectivity index (χ3v) is 1.40. The van der Waals surface area contributed by atoms with Gasteiger partial charge in [0.05, 0.1) is 9.47 Å². The molecule has 0 saturated heterocycles. The van der Waals surface area contributed by atoms with Gasteiger partial charge in [0.2, 0.25) is 0 Å². The third-order valence-electron chi connectivity index (χ3n) is 1.13. The number of hydrogen-bond acceptors (Lipinski definition) is 2. The van der Waals surface area contributed by atoms with Gasteiger partial charge >= 0.3 is 0 Å². The Morgan fingerprint density at radius 3 is 2.90 bits per heavy atom. The van der Waals surface area contributed by atoms with Crippen LogP contribution in [-0.4, -0.2) is 6.29 Å². The lowest BCUT2D eigenvalue weighted by atomic mass is 10.2. The summed E-state index contributed by atoms with van der Waals surface area (Å²) in [5.41, 5.74) is 0.625. The summed E-state index contributed by atoms with van der Waals surface area (Å²) in [5.74, 6) is 0.676. The highest BCUT2D eigenvalue weighted by molar-refractivity contribution is 7.10. The van der Waals surface area contributed by atoms with Crippen molar-refractivity contribution in [3.05, 3.63) is 29.8 Å². The first-order valence-corrected chi connectivity index (χ1v) is 3.26. The molecule has 0 aromatic heterocycles. The molecule has 0 spiro atoms. The van der Waals surface area contributed by atoms with Crippen molar-refractivity contribution in [2.45, 2.75) is 0 Å². The van der Waals surface area contributed by atoms with Crippen LogP contribution in [0.4, 0.5) is 0 Å². The molecule has 1 atom stereocenters. The Balaban J connectivity index is 2.98. The molecule has 0 bridgehead atoms. The van der Waals surface area contributed by atoms with Gasteiger partial charge in [0.25, 0.3) is 0 Å². The zero-order valence-corrected chi connectivity index (χ0v) is 6.44. The fraction of sp³-hybridized carbons (Fsp3) is 0. The molecule has 1 rings (SSSR count). The fourth-order valence-corrected chi connectivity index (χ4v) is 0.808. The van der Waals surface area contributed by atoms with Gasteiger partial charge in [0.1, 0.15) is 12.0 Å². The summed E-state index contributed by atoms with van der Waals surface area (Å²) in [6.45, 7) is 0. The second kappa shape index (κ2) is 3.33. The van der Waals surface area contributed by atoms with Crippen LogP contribution in [0.5, 0.6) is 5.75 Å². The van der Waals surface area contributed by atoms with Crippen LogP contribution >= 0.6 is 9.47 Å². The molecule has 10 heavy (non-hydrogen) atoms. The SMILES string of the molecule is O=Cc1cccc(OP)c1. The summed E-state index contributed by atoms with van der Waals surface area (Å²) in [5, 5.41) is 0. The molecule has 3 heteroatoms. The minimum absolute atomic E-state index is 0.625. The average Bonchev–Trinajstić information content (AvgIpc) is 2.05. The molecule has 0 aliphatic rings. The number of carbonyl (C=O) groups excluding carboxylic acids is 1. The van der Waals surface area contributed by atoms with Crippen molar-refractivity contribution in [3.8, 4) is 5.75 Å². The molecule has 0 N–H and O–H groups in total. The molecular formula is C7H7O2P. The molecule has 1 aromatic rings. The van der Waals surface area contributed by atoms with E-state index in [1.807, 2.05) is 0 Å². The van der Waals surface area contributed by atoms with Gasteiger partial charge in [-0.05, 0) is 12.1 Å². The van der Waals surface area contributed by atoms with Gasteiger partial charge in [-0.15, -0.1) is 0 Å². The van der Waals surface area contributed by atoms with Crippen LogP contribution in [-0.2, 0) is 0 Å². The van der Waals surface area contributed by atoms with Crippen molar-refractivity contribution in [1.82, 2.24) is 0 Å². The molecule has 0 aliphatic carbocycles. The van der Waals surface area contributed by atoms with Gasteiger partial charge in [-0.25, -0.2) is 0 Å². The maximum Gasteiger partial charge on any atom is 0.150 e. The first-order valence-electron chi connectivity index (χ1n) is 2.79. The van der Waals surface area contributed by atoms with E-state index in [2.05, 4.69) is 9.47 Å². The van der Waals surface area contributed by atoms with E-state index in [0.29, 0.717) is 11.3 Å². The predicted octanol–water partition coefficient (Wildman–Crippen LogP) is 1.67. The summed E-state index contributed by atoms with van der Waals surface area (Å²) in [6.07, 6.45) is 0.785. The Labute approximate surface area is 61.5 Å². The van der Waals surface area contributed by atoms with Crippen molar-refractivity contribution >= 4 is 15.8 Å². The van der Waals surface area contributed by atoms with Gasteiger partial charge in [-0.2, -0.15) is 0 Å². The topological polar surface area (TPSA) is 26.3 Å². The number of hydrogen-bond donors (Lipinski definition) is 0. The Bertz CT molecular complexity index is 235. The minimum Gasteiger partial charge on any atom is -0.480 e. The van der Waals surface area contributed by atoms with E-state index < -0.39 is 0 Å². The van der Waals surface area contributed by atoms with Gasteiger partial charge in [0, 0.05) is 5.56 Å². The van der Waals surface area contributed by atoms with E-state index in [1.54, 1.807) is 24.3 Å². The zero-order valence-electron chi connectivity index (χ0n) is 5.28. The predicted molar refractivity (Wildman–Crippen MR) is 42.2 cm³/mol. The molecule has 0 amide bonds. The van der Waals surface area contributed by atoms with Crippen LogP contribution in [0.1, 0.15) is 10.4 Å². The molecular weight excluding hydrogens is 147 g/mol. The molecule has 0 fully saturated rings. The number of aldehydes is 1. The Hall–Kier alpha value is -0.880. The number of rotatable bonds is 2. The van der Waals surface area contributed by atoms with Crippen molar-refractivity contribution in [2.75, 3.05) is 0 Å². The van der Waals surface area contributed by atoms with Gasteiger partial charge in [0.15, 0.2) is 0 Å². The highest BCUT2D eigenvalue weighted by Crippen LogP contribution is 2.13. The quantitative estimate of drug-likeness (QED) is 0.478. The van der Waals surface area contributed by atoms with Crippen molar-refractivity contribution in [3.63, 3.8) is 0 Å². The van der Waals surface area contributed by atoms with Crippen molar-refractivity contribution in [2.24, 2.45) is 0 Å². The van der Waals surface area contributed by atoms with Crippen LogP contribution in [0.25, 0.3) is 0 Å². The van der Waals surface area contributed by atoms with E-state index in [1.165, 1.54) is 0 Å². The summed E-state index contributed by atoms with van der Waals surface area (Å²) in [7, 11) is 2.12. The lowest BCUT2D eigenvalue weighted by Crippen LogP contribution is -1.79. The van der Waals surface area contributed by atoms with Gasteiger partial charge in [-0.3, -0.25) is 4.79 Å². The first-order chi connectivity index (χ1) is 4.86. The third kappa shape index (κ3) is 1.55. The second-order valence-electron chi connectivity index (χ2n) is 1.81. The molecule has 0 aliphatic heterocycles. The van der Waals surface area contributed by atoms with Crippen LogP contribution in [0.15, 0.2) is 24.3 Å². The first kappa shape index (κ1) is 7.23. The van der Waals surface area contributed by atoms with E-state index >= 15 is 0 Å². The Morgan fingerprint density at radius 2 is 2.30 bits per heavy atom. The molecule has 1 unspecified atom stereocenters. The molecule has 2 nitrogen and oxygen atoms in total. The number of benzene rings is 1. The van der Waals surface area contributed by atoms with E-state index in [-0.39, 0.29) is 0 Å². The van der Waals surface area contributed by atoms with E-state index in [0.717, 1.165) is 6.29 Å². The van der Waals surface area contributed by atoms with Crippen LogP contribution in [0, 0.1) is 0 Å². The standard InChI is InChI=1S/C7H7O2P/c8-5-6-2-1-3-7(4-6)9-10/h1-5H,10H2. The normalized spacial score (nSPS) is 8.90. The second-order valence-corrected chi connectivity index (χ2v) is 2.04. The maximum atomic E-state index is 10.2. The average molecular weight is 154 g/mol. The van der Waals surface area contributed by atoms with Gasteiger partial charge < -0.3 is 4.52 Å². The highest BCUT2D eigenvalue weighted by atomic mass is 31.0. The number of carbonyl (C=O) groups is 1. The van der Waals surface area contributed by atoms with Crippen LogP contribution in [0.2, 0.25) is 0 Å². The van der Waals surface area contributed by atoms with Gasteiger partial charge in [-0.1, -0.05) is 12.1 Å². The molecule has 0 saturated carbocycles. The molecule has 0 radical (unpaired) electrons. The van der Waals surface area contributed by atoms with E-state index in [9.17, 15) is 4.79 Å². The summed E-state index contributed by atoms with van der Waals surface area (Å²) in [4.78, 5) is 10.2. The Kier molecular flexibility index (Phi) is 2.41. The van der Waals surface area contributed by atoms with Crippen LogP contribution in [0.3, 0.4) is 0 Å². The molecule has 52 valence electrons. The van der Waals surface area contributed by atoms with E-state index in [4.69, 9.17) is 4.52 Å². The van der Waals surface area contributed by atoms with Crippen molar-refractivity contribution < 1.29 is 9.32 Å². The fourth-order valence-electron chi connectivity index (χ4n) is 0.661. The molecule has 1 aromatic carbocycles. The zero-order chi connectivity index (χ0) is 7.40. The van der Waals surface area contributed by atoms with Crippen LogP contribution < -0.4 is 4.52 Å². The van der Waals surface area contributed by atoms with Crippen molar-refractivity contribution in [1.29, 1.82) is 0 Å². The summed E-state index contributed by atoms with van der Waals surface area (Å²) < 4.78 is 4.81. The monoisotopic (exact) mass is 154 g/mol. The summed E-state index contributed by atoms with van der Waals surface area (Å²) >= 11 is 0. The lowest BCUT2D eigenvalue weighted by Gasteiger charge is -1.96. The maximum absolute atomic E-state index is 10.2. The summed E-state index contributed by atoms with van der Waals surface area (Å²) in [6, 6.07) is 6.93.